The highest BCUT2D eigenvalue weighted by Crippen LogP contribution is 2.34. The first-order valence-electron chi connectivity index (χ1n) is 5.09. The van der Waals surface area contributed by atoms with Gasteiger partial charge in [-0.25, -0.2) is 0 Å². The van der Waals surface area contributed by atoms with Crippen LogP contribution in [0.3, 0.4) is 0 Å². The molecule has 0 aliphatic carbocycles. The van der Waals surface area contributed by atoms with Crippen LogP contribution in [-0.2, 0) is 19.1 Å². The van der Waals surface area contributed by atoms with Gasteiger partial charge in [0.25, 0.3) is 0 Å². The smallest absolute Gasteiger partial charge is 0.307 e. The number of carboxylic acid groups (broad SMARTS) is 2. The van der Waals surface area contributed by atoms with E-state index in [9.17, 15) is 24.6 Å². The summed E-state index contributed by atoms with van der Waals surface area (Å²) in [5, 5.41) is 21.8. The largest absolute Gasteiger partial charge is 0.549 e. The van der Waals surface area contributed by atoms with E-state index in [1.807, 2.05) is 0 Å². The van der Waals surface area contributed by atoms with E-state index in [0.29, 0.717) is 0 Å². The van der Waals surface area contributed by atoms with Gasteiger partial charge in [-0.1, -0.05) is 13.5 Å². The minimum Gasteiger partial charge on any atom is -0.549 e. The molecule has 0 aliphatic heterocycles. The van der Waals surface area contributed by atoms with Crippen LogP contribution in [-0.4, -0.2) is 24.5 Å². The lowest BCUT2D eigenvalue weighted by atomic mass is 9.75. The maximum absolute atomic E-state index is 11.3. The van der Waals surface area contributed by atoms with Gasteiger partial charge in [0.05, 0.1) is 25.0 Å². The van der Waals surface area contributed by atoms with Crippen molar-refractivity contribution < 1.29 is 29.3 Å². The van der Waals surface area contributed by atoms with Gasteiger partial charge in [-0.15, -0.1) is 0 Å². The van der Waals surface area contributed by atoms with Gasteiger partial charge < -0.3 is 24.5 Å². The molecule has 0 rings (SSSR count). The Morgan fingerprint density at radius 3 is 2.06 bits per heavy atom. The molecule has 0 heterocycles. The second-order valence-corrected chi connectivity index (χ2v) is 3.47. The number of aliphatic carboxylic acids is 2. The molecule has 1 unspecified atom stereocenters. The molecular weight excluding hydrogens is 228 g/mol. The minimum absolute atomic E-state index is 0.0729. The molecule has 0 aromatic carbocycles. The van der Waals surface area contributed by atoms with Crippen molar-refractivity contribution in [1.29, 1.82) is 0 Å². The van der Waals surface area contributed by atoms with Gasteiger partial charge >= 0.3 is 5.97 Å². The summed E-state index contributed by atoms with van der Waals surface area (Å²) in [4.78, 5) is 33.0. The van der Waals surface area contributed by atoms with Crippen molar-refractivity contribution >= 4 is 17.9 Å². The third-order valence-corrected chi connectivity index (χ3v) is 2.57. The highest BCUT2D eigenvalue weighted by Gasteiger charge is 2.36. The summed E-state index contributed by atoms with van der Waals surface area (Å²) in [5.41, 5.74) is -2.67. The molecule has 0 bridgehead atoms. The first kappa shape index (κ1) is 15.2. The molecule has 17 heavy (non-hydrogen) atoms. The van der Waals surface area contributed by atoms with Crippen LogP contribution in [0.5, 0.6) is 0 Å². The third-order valence-electron chi connectivity index (χ3n) is 2.57. The van der Waals surface area contributed by atoms with Gasteiger partial charge in [-0.2, -0.15) is 0 Å². The normalized spacial score (nSPS) is 13.5. The first-order chi connectivity index (χ1) is 7.81. The topological polar surface area (TPSA) is 107 Å². The van der Waals surface area contributed by atoms with Crippen LogP contribution in [0, 0.1) is 5.41 Å². The van der Waals surface area contributed by atoms with E-state index in [1.165, 1.54) is 6.92 Å². The first-order valence-corrected chi connectivity index (χ1v) is 5.09. The maximum Gasteiger partial charge on any atom is 0.307 e. The number of carbonyl (C=O) groups is 3. The molecule has 1 atom stereocenters. The van der Waals surface area contributed by atoms with Crippen LogP contribution in [0.2, 0.25) is 0 Å². The number of hydrogen-bond acceptors (Lipinski definition) is 6. The fraction of sp³-hybridized carbons (Fsp3) is 0.545. The van der Waals surface area contributed by atoms with Crippen molar-refractivity contribution in [2.24, 2.45) is 5.41 Å². The lowest BCUT2D eigenvalue weighted by Gasteiger charge is -2.35. The Labute approximate surface area is 98.9 Å². The summed E-state index contributed by atoms with van der Waals surface area (Å²) in [6.07, 6.45) is -0.784. The van der Waals surface area contributed by atoms with E-state index in [0.717, 1.165) is 0 Å². The van der Waals surface area contributed by atoms with Crippen LogP contribution < -0.4 is 10.2 Å². The molecule has 0 aliphatic rings. The Balaban J connectivity index is 5.23. The van der Waals surface area contributed by atoms with Crippen molar-refractivity contribution in [2.75, 3.05) is 6.61 Å². The Hall–Kier alpha value is -1.85. The number of rotatable bonds is 7. The lowest BCUT2D eigenvalue weighted by molar-refractivity contribution is -0.322. The zero-order valence-corrected chi connectivity index (χ0v) is 9.78. The predicted molar refractivity (Wildman–Crippen MR) is 53.1 cm³/mol. The fourth-order valence-electron chi connectivity index (χ4n) is 1.44. The second-order valence-electron chi connectivity index (χ2n) is 3.47. The highest BCUT2D eigenvalue weighted by molar-refractivity contribution is 5.96. The number of esters is 1. The third kappa shape index (κ3) is 3.30. The average Bonchev–Trinajstić information content (AvgIpc) is 2.24. The monoisotopic (exact) mass is 242 g/mol. The van der Waals surface area contributed by atoms with E-state index in [1.54, 1.807) is 6.92 Å². The summed E-state index contributed by atoms with van der Waals surface area (Å²) < 4.78 is 4.59. The fourth-order valence-corrected chi connectivity index (χ4v) is 1.44. The summed E-state index contributed by atoms with van der Waals surface area (Å²) in [7, 11) is 0. The van der Waals surface area contributed by atoms with Gasteiger partial charge in [0, 0.05) is 5.41 Å². The highest BCUT2D eigenvalue weighted by atomic mass is 16.5. The minimum atomic E-state index is -1.98. The Bertz CT molecular complexity index is 346. The molecule has 0 saturated heterocycles. The van der Waals surface area contributed by atoms with Crippen molar-refractivity contribution in [1.82, 2.24) is 0 Å². The molecule has 0 amide bonds. The molecule has 0 aromatic rings. The summed E-state index contributed by atoms with van der Waals surface area (Å²) in [5.74, 6) is -4.22. The maximum atomic E-state index is 11.3. The Morgan fingerprint density at radius 2 is 1.76 bits per heavy atom. The van der Waals surface area contributed by atoms with Gasteiger partial charge in [-0.05, 0) is 18.9 Å². The quantitative estimate of drug-likeness (QED) is 0.393. The van der Waals surface area contributed by atoms with Gasteiger partial charge in [0.2, 0.25) is 0 Å². The summed E-state index contributed by atoms with van der Waals surface area (Å²) >= 11 is 0. The molecule has 0 aromatic heterocycles. The number of ether oxygens (including phenoxy) is 1. The van der Waals surface area contributed by atoms with Crippen LogP contribution in [0.1, 0.15) is 26.7 Å². The van der Waals surface area contributed by atoms with E-state index in [2.05, 4.69) is 11.3 Å². The number of carbonyl (C=O) groups excluding carboxylic acids is 3. The zero-order chi connectivity index (χ0) is 13.6. The SMILES string of the molecule is C=C(C(=O)[O-])C(CC)(CC(=O)OCC)C(=O)[O-]. The van der Waals surface area contributed by atoms with Gasteiger partial charge in [0.1, 0.15) is 0 Å². The number of carboxylic acids is 2. The molecule has 6 heteroatoms. The summed E-state index contributed by atoms with van der Waals surface area (Å²) in [6.45, 7) is 6.19. The van der Waals surface area contributed by atoms with Crippen LogP contribution >= 0.6 is 0 Å². The van der Waals surface area contributed by atoms with Gasteiger partial charge in [-0.3, -0.25) is 4.79 Å². The van der Waals surface area contributed by atoms with Crippen molar-refractivity contribution in [3.8, 4) is 0 Å². The van der Waals surface area contributed by atoms with Crippen LogP contribution in [0.25, 0.3) is 0 Å². The van der Waals surface area contributed by atoms with E-state index in [4.69, 9.17) is 0 Å². The summed E-state index contributed by atoms with van der Waals surface area (Å²) in [6, 6.07) is 0. The molecular formula is C11H14O6-2. The van der Waals surface area contributed by atoms with E-state index in [-0.39, 0.29) is 13.0 Å². The lowest BCUT2D eigenvalue weighted by Crippen LogP contribution is -2.48. The van der Waals surface area contributed by atoms with E-state index < -0.39 is 35.3 Å². The van der Waals surface area contributed by atoms with Crippen molar-refractivity contribution in [3.63, 3.8) is 0 Å². The van der Waals surface area contributed by atoms with E-state index >= 15 is 0 Å². The Kier molecular flexibility index (Phi) is 5.37. The van der Waals surface area contributed by atoms with Crippen LogP contribution in [0.4, 0.5) is 0 Å². The zero-order valence-electron chi connectivity index (χ0n) is 9.78. The van der Waals surface area contributed by atoms with Crippen molar-refractivity contribution in [3.05, 3.63) is 12.2 Å². The molecule has 6 nitrogen and oxygen atoms in total. The predicted octanol–water partition coefficient (Wildman–Crippen LogP) is -1.61. The molecule has 0 saturated carbocycles. The Morgan fingerprint density at radius 1 is 1.24 bits per heavy atom. The van der Waals surface area contributed by atoms with Crippen LogP contribution in [0.15, 0.2) is 12.2 Å². The molecule has 96 valence electrons. The number of hydrogen-bond donors (Lipinski definition) is 0. The molecule has 0 radical (unpaired) electrons. The molecule has 0 fully saturated rings. The second kappa shape index (κ2) is 6.03. The van der Waals surface area contributed by atoms with Crippen molar-refractivity contribution in [2.45, 2.75) is 26.7 Å². The molecule has 0 spiro atoms. The van der Waals surface area contributed by atoms with Gasteiger partial charge in [0.15, 0.2) is 0 Å². The average molecular weight is 242 g/mol. The standard InChI is InChI=1S/C11H16O6/c1-4-11(10(15)16,7(3)9(13)14)6-8(12)17-5-2/h3-6H2,1-2H3,(H,13,14)(H,15,16)/p-2. The molecule has 0 N–H and O–H groups in total.